The van der Waals surface area contributed by atoms with Crippen LogP contribution >= 0.6 is 31.9 Å². The molecule has 3 rings (SSSR count). The second-order valence-corrected chi connectivity index (χ2v) is 6.95. The highest BCUT2D eigenvalue weighted by Gasteiger charge is 2.42. The van der Waals surface area contributed by atoms with E-state index in [4.69, 9.17) is 0 Å². The van der Waals surface area contributed by atoms with Crippen molar-refractivity contribution in [3.63, 3.8) is 0 Å². The molecule has 2 aromatic rings. The number of hydrogen-bond acceptors (Lipinski definition) is 3. The molecule has 1 aliphatic rings. The fraction of sp³-hybridized carbons (Fsp3) is 0.167. The molecule has 0 radical (unpaired) electrons. The largest absolute Gasteiger partial charge is 0.296 e. The van der Waals surface area contributed by atoms with Crippen LogP contribution in [0.5, 0.6) is 0 Å². The van der Waals surface area contributed by atoms with Crippen LogP contribution in [0.2, 0.25) is 0 Å². The van der Waals surface area contributed by atoms with Crippen molar-refractivity contribution < 1.29 is 14.4 Å². The van der Waals surface area contributed by atoms with Crippen molar-refractivity contribution in [1.82, 2.24) is 4.90 Å². The second-order valence-electron chi connectivity index (χ2n) is 5.48. The SMILES string of the molecule is O=C(CBr)C(Cc1cccc(Br)c1)N1C(=O)c2ccccc2C1=O. The molecule has 0 spiro atoms. The number of halogens is 2. The van der Waals surface area contributed by atoms with Crippen molar-refractivity contribution in [1.29, 1.82) is 0 Å². The molecular weight excluding hydrogens is 438 g/mol. The molecule has 122 valence electrons. The zero-order valence-corrected chi connectivity index (χ0v) is 15.7. The number of ketones is 1. The van der Waals surface area contributed by atoms with E-state index in [0.717, 1.165) is 14.9 Å². The molecule has 0 aromatic heterocycles. The van der Waals surface area contributed by atoms with Gasteiger partial charge in [-0.1, -0.05) is 56.1 Å². The van der Waals surface area contributed by atoms with Gasteiger partial charge in [0, 0.05) is 10.9 Å². The van der Waals surface area contributed by atoms with E-state index in [1.807, 2.05) is 24.3 Å². The number of nitrogens with zero attached hydrogens (tertiary/aromatic N) is 1. The number of benzene rings is 2. The van der Waals surface area contributed by atoms with E-state index in [-0.39, 0.29) is 17.5 Å². The average molecular weight is 451 g/mol. The first kappa shape index (κ1) is 17.0. The Kier molecular flexibility index (Phi) is 4.96. The number of Topliss-reactive ketones (excluding diaryl/α,β-unsaturated/α-hetero) is 1. The van der Waals surface area contributed by atoms with E-state index < -0.39 is 17.9 Å². The maximum Gasteiger partial charge on any atom is 0.262 e. The molecule has 0 N–H and O–H groups in total. The summed E-state index contributed by atoms with van der Waals surface area (Å²) < 4.78 is 0.882. The Bertz CT molecular complexity index is 800. The number of carbonyl (C=O) groups excluding carboxylic acids is 3. The number of carbonyl (C=O) groups is 3. The quantitative estimate of drug-likeness (QED) is 0.516. The van der Waals surface area contributed by atoms with Gasteiger partial charge in [-0.3, -0.25) is 19.3 Å². The highest BCUT2D eigenvalue weighted by molar-refractivity contribution is 9.10. The highest BCUT2D eigenvalue weighted by atomic mass is 79.9. The zero-order chi connectivity index (χ0) is 17.3. The third-order valence-electron chi connectivity index (χ3n) is 3.96. The van der Waals surface area contributed by atoms with Gasteiger partial charge in [0.1, 0.15) is 6.04 Å². The molecular formula is C18H13Br2NO3. The smallest absolute Gasteiger partial charge is 0.262 e. The van der Waals surface area contributed by atoms with E-state index in [1.54, 1.807) is 24.3 Å². The summed E-state index contributed by atoms with van der Waals surface area (Å²) in [7, 11) is 0. The fourth-order valence-electron chi connectivity index (χ4n) is 2.82. The van der Waals surface area contributed by atoms with E-state index in [2.05, 4.69) is 31.9 Å². The maximum atomic E-state index is 12.7. The number of amides is 2. The van der Waals surface area contributed by atoms with Gasteiger partial charge < -0.3 is 0 Å². The Morgan fingerprint density at radius 1 is 1.00 bits per heavy atom. The molecule has 0 fully saturated rings. The monoisotopic (exact) mass is 449 g/mol. The molecule has 1 heterocycles. The molecule has 0 aliphatic carbocycles. The fourth-order valence-corrected chi connectivity index (χ4v) is 3.64. The van der Waals surface area contributed by atoms with Crippen LogP contribution < -0.4 is 0 Å². The highest BCUT2D eigenvalue weighted by Crippen LogP contribution is 2.27. The van der Waals surface area contributed by atoms with Crippen molar-refractivity contribution in [2.45, 2.75) is 12.5 Å². The summed E-state index contributed by atoms with van der Waals surface area (Å²) in [4.78, 5) is 38.8. The van der Waals surface area contributed by atoms with Gasteiger partial charge >= 0.3 is 0 Å². The van der Waals surface area contributed by atoms with Gasteiger partial charge in [0.15, 0.2) is 5.78 Å². The van der Waals surface area contributed by atoms with Gasteiger partial charge in [-0.2, -0.15) is 0 Å². The Morgan fingerprint density at radius 3 is 2.17 bits per heavy atom. The van der Waals surface area contributed by atoms with E-state index in [0.29, 0.717) is 11.1 Å². The van der Waals surface area contributed by atoms with Gasteiger partial charge in [-0.05, 0) is 29.8 Å². The molecule has 6 heteroatoms. The lowest BCUT2D eigenvalue weighted by atomic mass is 10.0. The first-order chi connectivity index (χ1) is 11.5. The zero-order valence-electron chi connectivity index (χ0n) is 12.5. The van der Waals surface area contributed by atoms with Gasteiger partial charge in [0.25, 0.3) is 11.8 Å². The van der Waals surface area contributed by atoms with Crippen LogP contribution in [0.1, 0.15) is 26.3 Å². The van der Waals surface area contributed by atoms with E-state index in [9.17, 15) is 14.4 Å². The van der Waals surface area contributed by atoms with Gasteiger partial charge in [-0.25, -0.2) is 0 Å². The van der Waals surface area contributed by atoms with Crippen molar-refractivity contribution in [3.8, 4) is 0 Å². The summed E-state index contributed by atoms with van der Waals surface area (Å²) >= 11 is 6.55. The van der Waals surface area contributed by atoms with E-state index >= 15 is 0 Å². The molecule has 2 amide bonds. The normalized spacial score (nSPS) is 14.7. The summed E-state index contributed by atoms with van der Waals surface area (Å²) in [6.45, 7) is 0. The Balaban J connectivity index is 1.97. The number of fused-ring (bicyclic) bond motifs is 1. The third kappa shape index (κ3) is 3.08. The molecule has 1 aliphatic heterocycles. The Morgan fingerprint density at radius 2 is 1.62 bits per heavy atom. The first-order valence-electron chi connectivity index (χ1n) is 7.33. The minimum atomic E-state index is -0.828. The summed E-state index contributed by atoms with van der Waals surface area (Å²) in [6.07, 6.45) is 0.287. The minimum Gasteiger partial charge on any atom is -0.296 e. The maximum absolute atomic E-state index is 12.7. The van der Waals surface area contributed by atoms with Gasteiger partial charge in [0.05, 0.1) is 16.5 Å². The third-order valence-corrected chi connectivity index (χ3v) is 5.00. The Labute approximate surface area is 156 Å². The lowest BCUT2D eigenvalue weighted by Gasteiger charge is -2.24. The van der Waals surface area contributed by atoms with Crippen LogP contribution in [0.4, 0.5) is 0 Å². The molecule has 0 saturated carbocycles. The second kappa shape index (κ2) is 6.99. The number of rotatable bonds is 5. The van der Waals surface area contributed by atoms with Crippen LogP contribution in [0.15, 0.2) is 53.0 Å². The lowest BCUT2D eigenvalue weighted by Crippen LogP contribution is -2.46. The molecule has 2 aromatic carbocycles. The molecule has 0 bridgehead atoms. The molecule has 1 unspecified atom stereocenters. The van der Waals surface area contributed by atoms with Crippen LogP contribution in [-0.2, 0) is 11.2 Å². The number of alkyl halides is 1. The number of imide groups is 1. The van der Waals surface area contributed by atoms with Crippen LogP contribution in [0.25, 0.3) is 0 Å². The van der Waals surface area contributed by atoms with Crippen LogP contribution in [0, 0.1) is 0 Å². The predicted molar refractivity (Wildman–Crippen MR) is 97.4 cm³/mol. The minimum absolute atomic E-state index is 0.0824. The van der Waals surface area contributed by atoms with Gasteiger partial charge in [0.2, 0.25) is 0 Å². The Hall–Kier alpha value is -1.79. The van der Waals surface area contributed by atoms with Crippen molar-refractivity contribution >= 4 is 49.5 Å². The van der Waals surface area contributed by atoms with Crippen molar-refractivity contribution in [2.75, 3.05) is 5.33 Å². The summed E-state index contributed by atoms with van der Waals surface area (Å²) in [5, 5.41) is 0.0824. The van der Waals surface area contributed by atoms with Crippen LogP contribution in [0.3, 0.4) is 0 Å². The molecule has 24 heavy (non-hydrogen) atoms. The lowest BCUT2D eigenvalue weighted by molar-refractivity contribution is -0.120. The summed E-state index contributed by atoms with van der Waals surface area (Å²) in [5.74, 6) is -1.03. The average Bonchev–Trinajstić information content (AvgIpc) is 2.84. The summed E-state index contributed by atoms with van der Waals surface area (Å²) in [6, 6.07) is 13.3. The molecule has 1 atom stereocenters. The van der Waals surface area contributed by atoms with Gasteiger partial charge in [-0.15, -0.1) is 0 Å². The standard InChI is InChI=1S/C18H13Br2NO3/c19-10-16(22)15(9-11-4-3-5-12(20)8-11)21-17(23)13-6-1-2-7-14(13)18(21)24/h1-8,15H,9-10H2. The summed E-state index contributed by atoms with van der Waals surface area (Å²) in [5.41, 5.74) is 1.58. The van der Waals surface area contributed by atoms with Crippen LogP contribution in [-0.4, -0.2) is 33.9 Å². The molecule has 4 nitrogen and oxygen atoms in total. The van der Waals surface area contributed by atoms with Crippen molar-refractivity contribution in [2.24, 2.45) is 0 Å². The first-order valence-corrected chi connectivity index (χ1v) is 9.24. The van der Waals surface area contributed by atoms with Crippen molar-refractivity contribution in [3.05, 3.63) is 69.7 Å². The topological polar surface area (TPSA) is 54.5 Å². The number of hydrogen-bond donors (Lipinski definition) is 0. The molecule has 0 saturated heterocycles. The predicted octanol–water partition coefficient (Wildman–Crippen LogP) is 3.62. The van der Waals surface area contributed by atoms with E-state index in [1.165, 1.54) is 0 Å².